The first-order valence-electron chi connectivity index (χ1n) is 6.13. The molecule has 1 aliphatic rings. The smallest absolute Gasteiger partial charge is 0.118 e. The van der Waals surface area contributed by atoms with Crippen molar-refractivity contribution in [2.75, 3.05) is 14.2 Å². The van der Waals surface area contributed by atoms with Gasteiger partial charge in [0.1, 0.15) is 5.75 Å². The van der Waals surface area contributed by atoms with Gasteiger partial charge in [0.15, 0.2) is 0 Å². The fraction of sp³-hybridized carbons (Fsp3) is 0.571. The molecule has 1 aromatic rings. The van der Waals surface area contributed by atoms with Gasteiger partial charge in [0.05, 0.1) is 7.11 Å². The lowest BCUT2D eigenvalue weighted by atomic mass is 10.1. The molecule has 2 nitrogen and oxygen atoms in total. The van der Waals surface area contributed by atoms with Crippen molar-refractivity contribution in [1.29, 1.82) is 0 Å². The molecule has 0 bridgehead atoms. The third-order valence-electron chi connectivity index (χ3n) is 3.54. The van der Waals surface area contributed by atoms with Crippen LogP contribution in [0.1, 0.15) is 31.2 Å². The van der Waals surface area contributed by atoms with Gasteiger partial charge in [-0.25, -0.2) is 0 Å². The number of benzene rings is 1. The van der Waals surface area contributed by atoms with E-state index in [1.807, 2.05) is 12.1 Å². The van der Waals surface area contributed by atoms with Gasteiger partial charge in [-0.2, -0.15) is 0 Å². The maximum atomic E-state index is 5.16. The summed E-state index contributed by atoms with van der Waals surface area (Å²) in [5.41, 5.74) is 1.37. The van der Waals surface area contributed by atoms with Crippen LogP contribution in [0.4, 0.5) is 0 Å². The summed E-state index contributed by atoms with van der Waals surface area (Å²) in [5, 5.41) is 0. The number of ether oxygens (including phenoxy) is 1. The molecule has 1 fully saturated rings. The van der Waals surface area contributed by atoms with Gasteiger partial charge in [0.25, 0.3) is 0 Å². The zero-order valence-electron chi connectivity index (χ0n) is 10.3. The Labute approximate surface area is 98.2 Å². The molecular weight excluding hydrogens is 198 g/mol. The van der Waals surface area contributed by atoms with E-state index in [0.29, 0.717) is 0 Å². The molecule has 0 saturated heterocycles. The first kappa shape index (κ1) is 11.5. The van der Waals surface area contributed by atoms with Gasteiger partial charge in [-0.05, 0) is 37.6 Å². The average Bonchev–Trinajstić information content (AvgIpc) is 2.83. The molecule has 0 aromatic heterocycles. The molecule has 0 atom stereocenters. The van der Waals surface area contributed by atoms with Gasteiger partial charge >= 0.3 is 0 Å². The summed E-state index contributed by atoms with van der Waals surface area (Å²) in [6, 6.07) is 9.19. The molecule has 0 amide bonds. The molecule has 1 aliphatic carbocycles. The standard InChI is InChI=1S/C14H21NO/c1-15(13-5-3-4-6-13)11-12-7-9-14(16-2)10-8-12/h7-10,13H,3-6,11H2,1-2H3. The fourth-order valence-corrected chi connectivity index (χ4v) is 2.49. The summed E-state index contributed by atoms with van der Waals surface area (Å²) in [4.78, 5) is 2.48. The predicted octanol–water partition coefficient (Wildman–Crippen LogP) is 3.07. The minimum absolute atomic E-state index is 0.794. The van der Waals surface area contributed by atoms with Crippen LogP contribution >= 0.6 is 0 Å². The lowest BCUT2D eigenvalue weighted by Gasteiger charge is -2.24. The van der Waals surface area contributed by atoms with Crippen molar-refractivity contribution in [3.05, 3.63) is 29.8 Å². The second-order valence-electron chi connectivity index (χ2n) is 4.70. The number of hydrogen-bond acceptors (Lipinski definition) is 2. The van der Waals surface area contributed by atoms with Gasteiger partial charge in [-0.15, -0.1) is 0 Å². The van der Waals surface area contributed by atoms with Crippen LogP contribution in [0.3, 0.4) is 0 Å². The average molecular weight is 219 g/mol. The van der Waals surface area contributed by atoms with Crippen molar-refractivity contribution in [3.63, 3.8) is 0 Å². The Balaban J connectivity index is 1.92. The normalized spacial score (nSPS) is 16.9. The first-order valence-corrected chi connectivity index (χ1v) is 6.13. The number of methoxy groups -OCH3 is 1. The van der Waals surface area contributed by atoms with Gasteiger partial charge in [0, 0.05) is 12.6 Å². The summed E-state index contributed by atoms with van der Waals surface area (Å²) < 4.78 is 5.16. The van der Waals surface area contributed by atoms with Gasteiger partial charge < -0.3 is 4.74 Å². The van der Waals surface area contributed by atoms with Crippen molar-refractivity contribution in [3.8, 4) is 5.75 Å². The minimum Gasteiger partial charge on any atom is -0.497 e. The van der Waals surface area contributed by atoms with Gasteiger partial charge in [-0.1, -0.05) is 25.0 Å². The SMILES string of the molecule is COc1ccc(CN(C)C2CCCC2)cc1. The van der Waals surface area contributed by atoms with Crippen LogP contribution in [0.15, 0.2) is 24.3 Å². The molecule has 0 heterocycles. The predicted molar refractivity (Wildman–Crippen MR) is 66.7 cm³/mol. The van der Waals surface area contributed by atoms with Crippen LogP contribution in [0.25, 0.3) is 0 Å². The summed E-state index contributed by atoms with van der Waals surface area (Å²) in [6.45, 7) is 1.05. The van der Waals surface area contributed by atoms with Gasteiger partial charge in [0.2, 0.25) is 0 Å². The van der Waals surface area contributed by atoms with E-state index >= 15 is 0 Å². The highest BCUT2D eigenvalue weighted by Crippen LogP contribution is 2.24. The summed E-state index contributed by atoms with van der Waals surface area (Å²) in [7, 11) is 3.94. The fourth-order valence-electron chi connectivity index (χ4n) is 2.49. The second-order valence-corrected chi connectivity index (χ2v) is 4.70. The Morgan fingerprint density at radius 1 is 1.19 bits per heavy atom. The Morgan fingerprint density at radius 2 is 1.81 bits per heavy atom. The van der Waals surface area contributed by atoms with E-state index in [0.717, 1.165) is 18.3 Å². The lowest BCUT2D eigenvalue weighted by Crippen LogP contribution is -2.28. The molecule has 0 aliphatic heterocycles. The molecule has 1 aromatic carbocycles. The molecule has 0 N–H and O–H groups in total. The summed E-state index contributed by atoms with van der Waals surface area (Å²) in [6.07, 6.45) is 5.54. The monoisotopic (exact) mass is 219 g/mol. The maximum Gasteiger partial charge on any atom is 0.118 e. The van der Waals surface area contributed by atoms with Crippen LogP contribution in [0.2, 0.25) is 0 Å². The molecule has 88 valence electrons. The van der Waals surface area contributed by atoms with E-state index in [9.17, 15) is 0 Å². The van der Waals surface area contributed by atoms with Crippen molar-refractivity contribution in [2.45, 2.75) is 38.3 Å². The second kappa shape index (κ2) is 5.35. The van der Waals surface area contributed by atoms with E-state index in [1.54, 1.807) is 7.11 Å². The third kappa shape index (κ3) is 2.76. The van der Waals surface area contributed by atoms with Crippen molar-refractivity contribution < 1.29 is 4.74 Å². The lowest BCUT2D eigenvalue weighted by molar-refractivity contribution is 0.237. The zero-order chi connectivity index (χ0) is 11.4. The van der Waals surface area contributed by atoms with Crippen LogP contribution in [0.5, 0.6) is 5.75 Å². The minimum atomic E-state index is 0.794. The highest BCUT2D eigenvalue weighted by Gasteiger charge is 2.19. The molecular formula is C14H21NO. The zero-order valence-corrected chi connectivity index (χ0v) is 10.3. The largest absolute Gasteiger partial charge is 0.497 e. The first-order chi connectivity index (χ1) is 7.79. The van der Waals surface area contributed by atoms with Crippen LogP contribution in [-0.4, -0.2) is 25.1 Å². The molecule has 1 saturated carbocycles. The number of nitrogens with zero attached hydrogens (tertiary/aromatic N) is 1. The molecule has 0 spiro atoms. The summed E-state index contributed by atoms with van der Waals surface area (Å²) >= 11 is 0. The molecule has 0 unspecified atom stereocenters. The van der Waals surface area contributed by atoms with Crippen molar-refractivity contribution in [2.24, 2.45) is 0 Å². The van der Waals surface area contributed by atoms with E-state index in [-0.39, 0.29) is 0 Å². The molecule has 0 radical (unpaired) electrons. The Kier molecular flexibility index (Phi) is 3.83. The maximum absolute atomic E-state index is 5.16. The summed E-state index contributed by atoms with van der Waals surface area (Å²) in [5.74, 6) is 0.937. The Hall–Kier alpha value is -1.02. The van der Waals surface area contributed by atoms with Gasteiger partial charge in [-0.3, -0.25) is 4.90 Å². The van der Waals surface area contributed by atoms with Crippen LogP contribution in [0, 0.1) is 0 Å². The molecule has 2 heteroatoms. The van der Waals surface area contributed by atoms with Crippen molar-refractivity contribution >= 4 is 0 Å². The van der Waals surface area contributed by atoms with E-state index in [2.05, 4.69) is 24.1 Å². The van der Waals surface area contributed by atoms with E-state index in [1.165, 1.54) is 31.2 Å². The van der Waals surface area contributed by atoms with Crippen molar-refractivity contribution in [1.82, 2.24) is 4.90 Å². The topological polar surface area (TPSA) is 12.5 Å². The van der Waals surface area contributed by atoms with Crippen LogP contribution < -0.4 is 4.74 Å². The van der Waals surface area contributed by atoms with E-state index in [4.69, 9.17) is 4.74 Å². The quantitative estimate of drug-likeness (QED) is 0.771. The van der Waals surface area contributed by atoms with E-state index < -0.39 is 0 Å². The third-order valence-corrected chi connectivity index (χ3v) is 3.54. The number of rotatable bonds is 4. The number of hydrogen-bond donors (Lipinski definition) is 0. The molecule has 2 rings (SSSR count). The Morgan fingerprint density at radius 3 is 2.38 bits per heavy atom. The highest BCUT2D eigenvalue weighted by atomic mass is 16.5. The highest BCUT2D eigenvalue weighted by molar-refractivity contribution is 5.27. The molecule has 16 heavy (non-hydrogen) atoms. The van der Waals surface area contributed by atoms with Crippen LogP contribution in [-0.2, 0) is 6.54 Å². The Bertz CT molecular complexity index is 314.